The lowest BCUT2D eigenvalue weighted by Gasteiger charge is -2.25. The maximum absolute atomic E-state index is 13.9. The SMILES string of the molecule is CCCOc1cccc(C2c3c(oc4c(C)cc(C)cc4c3=O)C(=O)N2Cc2ccc(OC)cc2)c1. The van der Waals surface area contributed by atoms with Gasteiger partial charge in [0.25, 0.3) is 5.91 Å². The molecule has 3 aromatic carbocycles. The van der Waals surface area contributed by atoms with Gasteiger partial charge in [-0.2, -0.15) is 0 Å². The van der Waals surface area contributed by atoms with Crippen LogP contribution in [-0.2, 0) is 6.54 Å². The van der Waals surface area contributed by atoms with Gasteiger partial charge in [-0.25, -0.2) is 0 Å². The van der Waals surface area contributed by atoms with E-state index >= 15 is 0 Å². The summed E-state index contributed by atoms with van der Waals surface area (Å²) in [5.74, 6) is 1.25. The number of hydrogen-bond acceptors (Lipinski definition) is 5. The average Bonchev–Trinajstić information content (AvgIpc) is 3.15. The highest BCUT2D eigenvalue weighted by atomic mass is 16.5. The Kier molecular flexibility index (Phi) is 6.27. The van der Waals surface area contributed by atoms with Crippen LogP contribution in [0.4, 0.5) is 0 Å². The van der Waals surface area contributed by atoms with Gasteiger partial charge in [0.1, 0.15) is 17.1 Å². The van der Waals surface area contributed by atoms with Gasteiger partial charge in [0, 0.05) is 6.54 Å². The second-order valence-corrected chi connectivity index (χ2v) is 9.24. The van der Waals surface area contributed by atoms with Crippen molar-refractivity contribution in [1.29, 1.82) is 0 Å². The number of methoxy groups -OCH3 is 1. The van der Waals surface area contributed by atoms with Crippen LogP contribution in [0.1, 0.15) is 57.8 Å². The molecule has 6 heteroatoms. The summed E-state index contributed by atoms with van der Waals surface area (Å²) in [7, 11) is 1.62. The first-order valence-electron chi connectivity index (χ1n) is 12.2. The molecule has 0 aliphatic carbocycles. The summed E-state index contributed by atoms with van der Waals surface area (Å²) in [5, 5.41) is 0.494. The minimum atomic E-state index is -0.596. The molecule has 5 rings (SSSR count). The fourth-order valence-electron chi connectivity index (χ4n) is 4.91. The molecular weight excluding hydrogens is 454 g/mol. The van der Waals surface area contributed by atoms with Crippen molar-refractivity contribution in [3.63, 3.8) is 0 Å². The van der Waals surface area contributed by atoms with Gasteiger partial charge in [0.15, 0.2) is 5.43 Å². The topological polar surface area (TPSA) is 69.0 Å². The fourth-order valence-corrected chi connectivity index (χ4v) is 4.91. The highest BCUT2D eigenvalue weighted by Gasteiger charge is 2.43. The highest BCUT2D eigenvalue weighted by molar-refractivity contribution is 5.99. The quantitative estimate of drug-likeness (QED) is 0.325. The fraction of sp³-hybridized carbons (Fsp3) is 0.267. The predicted octanol–water partition coefficient (Wildman–Crippen LogP) is 5.95. The molecule has 2 heterocycles. The summed E-state index contributed by atoms with van der Waals surface area (Å²) >= 11 is 0. The van der Waals surface area contributed by atoms with Crippen LogP contribution in [0.3, 0.4) is 0 Å². The van der Waals surface area contributed by atoms with Crippen molar-refractivity contribution in [2.45, 2.75) is 39.8 Å². The van der Waals surface area contributed by atoms with E-state index in [-0.39, 0.29) is 17.1 Å². The van der Waals surface area contributed by atoms with Crippen LogP contribution in [0.2, 0.25) is 0 Å². The van der Waals surface area contributed by atoms with E-state index in [0.29, 0.717) is 35.4 Å². The number of aryl methyl sites for hydroxylation is 2. The van der Waals surface area contributed by atoms with E-state index in [9.17, 15) is 9.59 Å². The molecule has 36 heavy (non-hydrogen) atoms. The van der Waals surface area contributed by atoms with Gasteiger partial charge < -0.3 is 18.8 Å². The molecule has 6 nitrogen and oxygen atoms in total. The Labute approximate surface area is 210 Å². The maximum atomic E-state index is 13.9. The molecule has 1 amide bonds. The van der Waals surface area contributed by atoms with Crippen LogP contribution in [0.15, 0.2) is 69.9 Å². The zero-order valence-electron chi connectivity index (χ0n) is 21.0. The van der Waals surface area contributed by atoms with Crippen molar-refractivity contribution in [3.05, 3.63) is 104 Å². The molecule has 0 bridgehead atoms. The zero-order valence-corrected chi connectivity index (χ0v) is 21.0. The molecule has 0 saturated heterocycles. The van der Waals surface area contributed by atoms with Crippen molar-refractivity contribution < 1.29 is 18.7 Å². The van der Waals surface area contributed by atoms with Gasteiger partial charge >= 0.3 is 0 Å². The van der Waals surface area contributed by atoms with Crippen LogP contribution >= 0.6 is 0 Å². The second kappa shape index (κ2) is 9.53. The van der Waals surface area contributed by atoms with Crippen molar-refractivity contribution in [2.24, 2.45) is 0 Å². The van der Waals surface area contributed by atoms with Gasteiger partial charge in [0.2, 0.25) is 5.76 Å². The third-order valence-corrected chi connectivity index (χ3v) is 6.56. The molecule has 1 aromatic heterocycles. The Balaban J connectivity index is 1.68. The number of benzene rings is 3. The van der Waals surface area contributed by atoms with Gasteiger partial charge in [0.05, 0.1) is 30.7 Å². The normalized spacial score (nSPS) is 14.8. The summed E-state index contributed by atoms with van der Waals surface area (Å²) in [6, 6.07) is 18.4. The summed E-state index contributed by atoms with van der Waals surface area (Å²) < 4.78 is 17.3. The van der Waals surface area contributed by atoms with Crippen molar-refractivity contribution in [3.8, 4) is 11.5 Å². The molecule has 0 fully saturated rings. The van der Waals surface area contributed by atoms with E-state index in [2.05, 4.69) is 0 Å². The molecule has 0 radical (unpaired) electrons. The van der Waals surface area contributed by atoms with Crippen LogP contribution < -0.4 is 14.9 Å². The first kappa shape index (κ1) is 23.7. The van der Waals surface area contributed by atoms with E-state index in [0.717, 1.165) is 34.4 Å². The van der Waals surface area contributed by atoms with E-state index < -0.39 is 6.04 Å². The number of carbonyl (C=O) groups is 1. The van der Waals surface area contributed by atoms with Gasteiger partial charge in [-0.15, -0.1) is 0 Å². The third-order valence-electron chi connectivity index (χ3n) is 6.56. The lowest BCUT2D eigenvalue weighted by Crippen LogP contribution is -2.29. The summed E-state index contributed by atoms with van der Waals surface area (Å²) in [4.78, 5) is 29.4. The van der Waals surface area contributed by atoms with Gasteiger partial charge in [-0.3, -0.25) is 9.59 Å². The molecular formula is C30H29NO5. The monoisotopic (exact) mass is 483 g/mol. The molecule has 4 aromatic rings. The van der Waals surface area contributed by atoms with E-state index in [1.165, 1.54) is 0 Å². The number of amides is 1. The van der Waals surface area contributed by atoms with Crippen LogP contribution in [0, 0.1) is 13.8 Å². The molecule has 184 valence electrons. The number of hydrogen-bond donors (Lipinski definition) is 0. The largest absolute Gasteiger partial charge is 0.497 e. The smallest absolute Gasteiger partial charge is 0.291 e. The van der Waals surface area contributed by atoms with Crippen LogP contribution in [-0.4, -0.2) is 24.5 Å². The average molecular weight is 484 g/mol. The Morgan fingerprint density at radius 3 is 2.47 bits per heavy atom. The van der Waals surface area contributed by atoms with Gasteiger partial charge in [-0.1, -0.05) is 37.3 Å². The Morgan fingerprint density at radius 1 is 0.972 bits per heavy atom. The summed E-state index contributed by atoms with van der Waals surface area (Å²) in [5.41, 5.74) is 4.19. The van der Waals surface area contributed by atoms with Crippen LogP contribution in [0.25, 0.3) is 11.0 Å². The molecule has 1 unspecified atom stereocenters. The first-order valence-corrected chi connectivity index (χ1v) is 12.2. The van der Waals surface area contributed by atoms with Crippen molar-refractivity contribution in [2.75, 3.05) is 13.7 Å². The number of carbonyl (C=O) groups excluding carboxylic acids is 1. The Bertz CT molecular complexity index is 1500. The molecule has 0 saturated carbocycles. The van der Waals surface area contributed by atoms with E-state index in [1.807, 2.05) is 81.4 Å². The number of fused-ring (bicyclic) bond motifs is 2. The Morgan fingerprint density at radius 2 is 1.75 bits per heavy atom. The number of ether oxygens (including phenoxy) is 2. The molecule has 0 N–H and O–H groups in total. The van der Waals surface area contributed by atoms with E-state index in [1.54, 1.807) is 12.0 Å². The summed E-state index contributed by atoms with van der Waals surface area (Å²) in [6.45, 7) is 6.79. The molecule has 1 atom stereocenters. The van der Waals surface area contributed by atoms with E-state index in [4.69, 9.17) is 13.9 Å². The first-order chi connectivity index (χ1) is 17.4. The highest BCUT2D eigenvalue weighted by Crippen LogP contribution is 2.40. The van der Waals surface area contributed by atoms with Crippen molar-refractivity contribution >= 4 is 16.9 Å². The Hall–Kier alpha value is -4.06. The van der Waals surface area contributed by atoms with Crippen molar-refractivity contribution in [1.82, 2.24) is 4.90 Å². The molecule has 1 aliphatic rings. The predicted molar refractivity (Wildman–Crippen MR) is 139 cm³/mol. The minimum absolute atomic E-state index is 0.109. The standard InChI is InChI=1S/C30H29NO5/c1-5-13-35-23-8-6-7-21(16-23)26-25-27(32)24-15-18(2)14-19(3)28(24)36-29(25)30(33)31(26)17-20-9-11-22(34-4)12-10-20/h6-12,14-16,26H,5,13,17H2,1-4H3. The minimum Gasteiger partial charge on any atom is -0.497 e. The zero-order chi connectivity index (χ0) is 25.4. The second-order valence-electron chi connectivity index (χ2n) is 9.24. The molecule has 0 spiro atoms. The maximum Gasteiger partial charge on any atom is 0.291 e. The molecule has 1 aliphatic heterocycles. The van der Waals surface area contributed by atoms with Gasteiger partial charge in [-0.05, 0) is 72.9 Å². The lowest BCUT2D eigenvalue weighted by atomic mass is 9.97. The summed E-state index contributed by atoms with van der Waals surface area (Å²) in [6.07, 6.45) is 0.882. The third kappa shape index (κ3) is 4.13. The van der Waals surface area contributed by atoms with Crippen LogP contribution in [0.5, 0.6) is 11.5 Å². The lowest BCUT2D eigenvalue weighted by molar-refractivity contribution is 0.0714. The number of rotatable bonds is 7. The number of nitrogens with zero attached hydrogens (tertiary/aromatic N) is 1.